The summed E-state index contributed by atoms with van der Waals surface area (Å²) in [7, 11) is 1.61. The third-order valence-corrected chi connectivity index (χ3v) is 5.91. The SMILES string of the molecule is CC(C)CCNC(=O)C1(N(C)C(=O)c2cc(C(=O)NCc3ccccc3Cl)n[nH]2)CC1. The molecule has 1 aliphatic carbocycles. The number of halogens is 1. The minimum Gasteiger partial charge on any atom is -0.354 e. The molecule has 3 N–H and O–H groups in total. The van der Waals surface area contributed by atoms with E-state index in [-0.39, 0.29) is 29.7 Å². The highest BCUT2D eigenvalue weighted by atomic mass is 35.5. The number of benzene rings is 1. The maximum atomic E-state index is 12.9. The predicted octanol–water partition coefficient (Wildman–Crippen LogP) is 2.76. The van der Waals surface area contributed by atoms with Crippen LogP contribution in [0.1, 0.15) is 59.7 Å². The van der Waals surface area contributed by atoms with Crippen molar-refractivity contribution in [1.82, 2.24) is 25.7 Å². The van der Waals surface area contributed by atoms with Gasteiger partial charge in [-0.25, -0.2) is 0 Å². The third kappa shape index (κ3) is 5.25. The first-order valence-corrected chi connectivity index (χ1v) is 10.8. The monoisotopic (exact) mass is 445 g/mol. The van der Waals surface area contributed by atoms with Crippen LogP contribution in [0.3, 0.4) is 0 Å². The Morgan fingerprint density at radius 2 is 1.94 bits per heavy atom. The predicted molar refractivity (Wildman–Crippen MR) is 118 cm³/mol. The molecule has 1 aromatic heterocycles. The lowest BCUT2D eigenvalue weighted by Crippen LogP contribution is -2.50. The summed E-state index contributed by atoms with van der Waals surface area (Å²) in [6.07, 6.45) is 2.11. The van der Waals surface area contributed by atoms with Crippen LogP contribution in [0, 0.1) is 5.92 Å². The van der Waals surface area contributed by atoms with E-state index < -0.39 is 11.4 Å². The van der Waals surface area contributed by atoms with Gasteiger partial charge in [0.2, 0.25) is 5.91 Å². The van der Waals surface area contributed by atoms with E-state index >= 15 is 0 Å². The van der Waals surface area contributed by atoms with Gasteiger partial charge in [0.15, 0.2) is 5.69 Å². The van der Waals surface area contributed by atoms with E-state index in [9.17, 15) is 14.4 Å². The number of carbonyl (C=O) groups is 3. The first kappa shape index (κ1) is 22.8. The van der Waals surface area contributed by atoms with Crippen molar-refractivity contribution in [2.24, 2.45) is 5.92 Å². The minimum absolute atomic E-state index is 0.0926. The van der Waals surface area contributed by atoms with Gasteiger partial charge in [0.25, 0.3) is 11.8 Å². The number of hydrogen-bond acceptors (Lipinski definition) is 4. The molecule has 0 saturated heterocycles. The Kier molecular flexibility index (Phi) is 7.00. The van der Waals surface area contributed by atoms with Crippen molar-refractivity contribution in [3.8, 4) is 0 Å². The van der Waals surface area contributed by atoms with E-state index in [1.807, 2.05) is 18.2 Å². The van der Waals surface area contributed by atoms with Crippen LogP contribution >= 0.6 is 11.6 Å². The third-order valence-electron chi connectivity index (χ3n) is 5.54. The fourth-order valence-electron chi connectivity index (χ4n) is 3.30. The minimum atomic E-state index is -0.828. The summed E-state index contributed by atoms with van der Waals surface area (Å²) in [6, 6.07) is 8.61. The van der Waals surface area contributed by atoms with Gasteiger partial charge in [0.1, 0.15) is 11.2 Å². The smallest absolute Gasteiger partial charge is 0.272 e. The molecule has 0 radical (unpaired) electrons. The Hall–Kier alpha value is -2.87. The number of aromatic nitrogens is 2. The van der Waals surface area contributed by atoms with Crippen molar-refractivity contribution in [1.29, 1.82) is 0 Å². The average Bonchev–Trinajstić information content (AvgIpc) is 3.41. The van der Waals surface area contributed by atoms with Crippen molar-refractivity contribution in [2.45, 2.75) is 45.2 Å². The van der Waals surface area contributed by atoms with Gasteiger partial charge in [0.05, 0.1) is 0 Å². The van der Waals surface area contributed by atoms with Crippen LogP contribution in [-0.4, -0.2) is 52.0 Å². The highest BCUT2D eigenvalue weighted by molar-refractivity contribution is 6.31. The van der Waals surface area contributed by atoms with Gasteiger partial charge in [-0.2, -0.15) is 5.10 Å². The molecule has 1 heterocycles. The summed E-state index contributed by atoms with van der Waals surface area (Å²) < 4.78 is 0. The van der Waals surface area contributed by atoms with Gasteiger partial charge in [-0.3, -0.25) is 19.5 Å². The molecule has 1 saturated carbocycles. The lowest BCUT2D eigenvalue weighted by atomic mass is 10.1. The molecule has 0 unspecified atom stereocenters. The second-order valence-electron chi connectivity index (χ2n) is 8.28. The first-order chi connectivity index (χ1) is 14.7. The van der Waals surface area contributed by atoms with E-state index in [4.69, 9.17) is 11.6 Å². The summed E-state index contributed by atoms with van der Waals surface area (Å²) in [6.45, 7) is 5.01. The number of nitrogens with one attached hydrogen (secondary N) is 3. The van der Waals surface area contributed by atoms with Gasteiger partial charge in [-0.1, -0.05) is 43.6 Å². The number of rotatable bonds is 9. The van der Waals surface area contributed by atoms with Crippen molar-refractivity contribution >= 4 is 29.3 Å². The van der Waals surface area contributed by atoms with Crippen molar-refractivity contribution in [3.63, 3.8) is 0 Å². The van der Waals surface area contributed by atoms with Gasteiger partial charge in [-0.05, 0) is 36.8 Å². The van der Waals surface area contributed by atoms with Gasteiger partial charge < -0.3 is 15.5 Å². The normalized spacial score (nSPS) is 14.2. The summed E-state index contributed by atoms with van der Waals surface area (Å²) in [5.74, 6) is -0.455. The lowest BCUT2D eigenvalue weighted by molar-refractivity contribution is -0.126. The van der Waals surface area contributed by atoms with Gasteiger partial charge in [0, 0.05) is 31.2 Å². The molecule has 0 bridgehead atoms. The molecule has 8 nitrogen and oxygen atoms in total. The molecule has 9 heteroatoms. The number of hydrogen-bond donors (Lipinski definition) is 3. The van der Waals surface area contributed by atoms with Crippen molar-refractivity contribution in [3.05, 3.63) is 52.3 Å². The molecule has 1 fully saturated rings. The maximum Gasteiger partial charge on any atom is 0.272 e. The molecule has 0 atom stereocenters. The first-order valence-electron chi connectivity index (χ1n) is 10.4. The zero-order chi connectivity index (χ0) is 22.6. The fraction of sp³-hybridized carbons (Fsp3) is 0.455. The number of amides is 3. The van der Waals surface area contributed by atoms with Crippen molar-refractivity contribution in [2.75, 3.05) is 13.6 Å². The highest BCUT2D eigenvalue weighted by Gasteiger charge is 2.55. The number of likely N-dealkylation sites (N-methyl/N-ethyl adjacent to an activating group) is 1. The highest BCUT2D eigenvalue weighted by Crippen LogP contribution is 2.41. The summed E-state index contributed by atoms with van der Waals surface area (Å²) in [4.78, 5) is 39.4. The fourth-order valence-corrected chi connectivity index (χ4v) is 3.51. The lowest BCUT2D eigenvalue weighted by Gasteiger charge is -2.26. The second-order valence-corrected chi connectivity index (χ2v) is 8.68. The van der Waals surface area contributed by atoms with Crippen LogP contribution < -0.4 is 10.6 Å². The van der Waals surface area contributed by atoms with Crippen molar-refractivity contribution < 1.29 is 14.4 Å². The van der Waals surface area contributed by atoms with E-state index in [1.54, 1.807) is 13.1 Å². The Morgan fingerprint density at radius 3 is 2.58 bits per heavy atom. The molecule has 166 valence electrons. The summed E-state index contributed by atoms with van der Waals surface area (Å²) >= 11 is 6.10. The Balaban J connectivity index is 1.59. The van der Waals surface area contributed by atoms with Crippen LogP contribution in [0.2, 0.25) is 5.02 Å². The number of carbonyl (C=O) groups excluding carboxylic acids is 3. The molecule has 0 spiro atoms. The molecular formula is C22H28ClN5O3. The van der Waals surface area contributed by atoms with Crippen LogP contribution in [0.5, 0.6) is 0 Å². The molecule has 1 aromatic carbocycles. The zero-order valence-corrected chi connectivity index (χ0v) is 18.8. The Labute approximate surface area is 186 Å². The average molecular weight is 446 g/mol. The topological polar surface area (TPSA) is 107 Å². The standard InChI is InChI=1S/C22H28ClN5O3/c1-14(2)8-11-24-21(31)22(9-10-22)28(3)20(30)18-12-17(26-27-18)19(29)25-13-15-6-4-5-7-16(15)23/h4-7,12,14H,8-11,13H2,1-3H3,(H,24,31)(H,25,29)(H,26,27). The Bertz CT molecular complexity index is 968. The summed E-state index contributed by atoms with van der Waals surface area (Å²) in [5.41, 5.74) is 0.205. The van der Waals surface area contributed by atoms with E-state index in [0.717, 1.165) is 12.0 Å². The van der Waals surface area contributed by atoms with E-state index in [0.29, 0.717) is 30.3 Å². The maximum absolute atomic E-state index is 12.9. The van der Waals surface area contributed by atoms with Crippen LogP contribution in [0.25, 0.3) is 0 Å². The molecule has 1 aliphatic rings. The van der Waals surface area contributed by atoms with E-state index in [1.165, 1.54) is 11.0 Å². The molecule has 0 aliphatic heterocycles. The number of nitrogens with zero attached hydrogens (tertiary/aromatic N) is 2. The largest absolute Gasteiger partial charge is 0.354 e. The van der Waals surface area contributed by atoms with Gasteiger partial charge in [-0.15, -0.1) is 0 Å². The number of H-pyrrole nitrogens is 1. The Morgan fingerprint density at radius 1 is 1.23 bits per heavy atom. The quantitative estimate of drug-likeness (QED) is 0.551. The zero-order valence-electron chi connectivity index (χ0n) is 18.0. The second kappa shape index (κ2) is 9.51. The molecule has 2 aromatic rings. The van der Waals surface area contributed by atoms with Gasteiger partial charge >= 0.3 is 0 Å². The summed E-state index contributed by atoms with van der Waals surface area (Å²) in [5, 5.41) is 12.8. The van der Waals surface area contributed by atoms with Crippen LogP contribution in [0.4, 0.5) is 0 Å². The molecular weight excluding hydrogens is 418 g/mol. The van der Waals surface area contributed by atoms with E-state index in [2.05, 4.69) is 34.7 Å². The van der Waals surface area contributed by atoms with Crippen LogP contribution in [-0.2, 0) is 11.3 Å². The van der Waals surface area contributed by atoms with Crippen LogP contribution in [0.15, 0.2) is 30.3 Å². The number of aromatic amines is 1. The molecule has 3 rings (SSSR count). The molecule has 3 amide bonds. The molecule has 31 heavy (non-hydrogen) atoms.